The molecule has 1 aromatic carbocycles. The summed E-state index contributed by atoms with van der Waals surface area (Å²) in [6.07, 6.45) is 0. The molecule has 0 aliphatic rings. The van der Waals surface area contributed by atoms with Crippen LogP contribution in [-0.2, 0) is 4.79 Å². The maximum Gasteiger partial charge on any atom is 0.293 e. The molecule has 0 spiro atoms. The number of primary amides is 1. The maximum atomic E-state index is 10.3. The van der Waals surface area contributed by atoms with Crippen LogP contribution in [0.4, 0.5) is 5.69 Å². The van der Waals surface area contributed by atoms with Crippen molar-refractivity contribution in [1.82, 2.24) is 0 Å². The highest BCUT2D eigenvalue weighted by molar-refractivity contribution is 6.30. The molecule has 0 aliphatic carbocycles. The highest BCUT2D eigenvalue weighted by Gasteiger charge is 1.95. The van der Waals surface area contributed by atoms with E-state index in [1.165, 1.54) is 0 Å². The summed E-state index contributed by atoms with van der Waals surface area (Å²) in [5.41, 5.74) is 11.4. The Morgan fingerprint density at radius 1 is 1.46 bits per heavy atom. The van der Waals surface area contributed by atoms with Gasteiger partial charge in [0.1, 0.15) is 0 Å². The van der Waals surface area contributed by atoms with E-state index in [-0.39, 0.29) is 0 Å². The van der Waals surface area contributed by atoms with Gasteiger partial charge in [-0.15, -0.1) is 0 Å². The van der Waals surface area contributed by atoms with Gasteiger partial charge in [-0.3, -0.25) is 4.79 Å². The fourth-order valence-electron chi connectivity index (χ4n) is 0.776. The first-order valence-corrected chi connectivity index (χ1v) is 3.84. The Kier molecular flexibility index (Phi) is 2.78. The quantitative estimate of drug-likeness (QED) is 0.473. The van der Waals surface area contributed by atoms with Crippen LogP contribution in [0.3, 0.4) is 0 Å². The topological polar surface area (TPSA) is 69.1 Å². The normalized spacial score (nSPS) is 8.69. The minimum Gasteiger partial charge on any atom is -0.398 e. The molecule has 0 radical (unpaired) electrons. The van der Waals surface area contributed by atoms with E-state index in [0.29, 0.717) is 16.3 Å². The molecule has 0 unspecified atom stereocenters. The summed E-state index contributed by atoms with van der Waals surface area (Å²) in [5.74, 6) is 4.03. The second-order valence-corrected chi connectivity index (χ2v) is 2.78. The van der Waals surface area contributed by atoms with Crippen LogP contribution in [-0.4, -0.2) is 5.91 Å². The van der Waals surface area contributed by atoms with Crippen LogP contribution in [0.2, 0.25) is 5.02 Å². The number of carbonyl (C=O) groups excluding carboxylic acids is 1. The monoisotopic (exact) mass is 194 g/mol. The molecule has 0 fully saturated rings. The fourth-order valence-corrected chi connectivity index (χ4v) is 0.957. The third-order valence-corrected chi connectivity index (χ3v) is 1.57. The molecule has 4 heteroatoms. The summed E-state index contributed by atoms with van der Waals surface area (Å²) >= 11 is 5.66. The van der Waals surface area contributed by atoms with E-state index in [1.54, 1.807) is 18.2 Å². The molecule has 0 aromatic heterocycles. The largest absolute Gasteiger partial charge is 0.398 e. The summed E-state index contributed by atoms with van der Waals surface area (Å²) < 4.78 is 0. The summed E-state index contributed by atoms with van der Waals surface area (Å²) in [6, 6.07) is 4.84. The van der Waals surface area contributed by atoms with Gasteiger partial charge in [0.2, 0.25) is 0 Å². The molecule has 13 heavy (non-hydrogen) atoms. The van der Waals surface area contributed by atoms with Crippen molar-refractivity contribution in [3.8, 4) is 11.8 Å². The van der Waals surface area contributed by atoms with E-state index >= 15 is 0 Å². The van der Waals surface area contributed by atoms with E-state index in [2.05, 4.69) is 11.8 Å². The van der Waals surface area contributed by atoms with Gasteiger partial charge in [-0.2, -0.15) is 0 Å². The van der Waals surface area contributed by atoms with E-state index in [4.69, 9.17) is 23.1 Å². The number of benzene rings is 1. The van der Waals surface area contributed by atoms with Gasteiger partial charge in [0.15, 0.2) is 0 Å². The molecule has 3 nitrogen and oxygen atoms in total. The molecule has 0 aliphatic heterocycles. The lowest BCUT2D eigenvalue weighted by molar-refractivity contribution is -0.112. The SMILES string of the molecule is NC(=O)C#Cc1ccc(Cl)cc1N. The van der Waals surface area contributed by atoms with Crippen LogP contribution >= 0.6 is 11.6 Å². The molecular weight excluding hydrogens is 188 g/mol. The molecular formula is C9H7ClN2O. The van der Waals surface area contributed by atoms with Crippen molar-refractivity contribution in [1.29, 1.82) is 0 Å². The number of hydrogen-bond acceptors (Lipinski definition) is 2. The molecule has 0 saturated carbocycles. The molecule has 4 N–H and O–H groups in total. The van der Waals surface area contributed by atoms with Crippen molar-refractivity contribution in [2.75, 3.05) is 5.73 Å². The predicted octanol–water partition coefficient (Wildman–Crippen LogP) is 0.759. The van der Waals surface area contributed by atoms with Crippen LogP contribution < -0.4 is 11.5 Å². The highest BCUT2D eigenvalue weighted by atomic mass is 35.5. The zero-order valence-electron chi connectivity index (χ0n) is 6.67. The first kappa shape index (κ1) is 9.43. The molecule has 1 amide bonds. The van der Waals surface area contributed by atoms with E-state index in [0.717, 1.165) is 0 Å². The van der Waals surface area contributed by atoms with Crippen molar-refractivity contribution in [3.05, 3.63) is 28.8 Å². The van der Waals surface area contributed by atoms with Gasteiger partial charge in [-0.05, 0) is 18.2 Å². The Balaban J connectivity index is 3.05. The summed E-state index contributed by atoms with van der Waals surface area (Å²) in [7, 11) is 0. The van der Waals surface area contributed by atoms with Crippen molar-refractivity contribution in [3.63, 3.8) is 0 Å². The van der Waals surface area contributed by atoms with Crippen LogP contribution in [0.25, 0.3) is 0 Å². The number of amides is 1. The molecule has 0 heterocycles. The number of nitrogens with two attached hydrogens (primary N) is 2. The van der Waals surface area contributed by atoms with Gasteiger partial charge in [0.25, 0.3) is 5.91 Å². The van der Waals surface area contributed by atoms with Crippen LogP contribution in [0.15, 0.2) is 18.2 Å². The van der Waals surface area contributed by atoms with Crippen LogP contribution in [0, 0.1) is 11.8 Å². The first-order chi connectivity index (χ1) is 6.09. The second-order valence-electron chi connectivity index (χ2n) is 2.35. The Labute approximate surface area is 80.7 Å². The third-order valence-electron chi connectivity index (χ3n) is 1.33. The minimum atomic E-state index is -0.686. The average Bonchev–Trinajstić information content (AvgIpc) is 2.02. The zero-order chi connectivity index (χ0) is 9.84. The third kappa shape index (κ3) is 2.69. The lowest BCUT2D eigenvalue weighted by Crippen LogP contribution is -2.06. The Bertz CT molecular complexity index is 404. The predicted molar refractivity (Wildman–Crippen MR) is 51.9 cm³/mol. The number of nitrogen functional groups attached to an aromatic ring is 1. The Hall–Kier alpha value is -1.66. The van der Waals surface area contributed by atoms with Gasteiger partial charge in [0.05, 0.1) is 0 Å². The number of rotatable bonds is 0. The minimum absolute atomic E-state index is 0.432. The van der Waals surface area contributed by atoms with Crippen LogP contribution in [0.5, 0.6) is 0 Å². The summed E-state index contributed by atoms with van der Waals surface area (Å²) in [6.45, 7) is 0. The number of hydrogen-bond donors (Lipinski definition) is 2. The molecule has 0 atom stereocenters. The van der Waals surface area contributed by atoms with E-state index in [9.17, 15) is 4.79 Å². The van der Waals surface area contributed by atoms with Crippen molar-refractivity contribution in [2.45, 2.75) is 0 Å². The molecule has 1 aromatic rings. The number of halogens is 1. The van der Waals surface area contributed by atoms with Gasteiger partial charge in [-0.25, -0.2) is 0 Å². The van der Waals surface area contributed by atoms with E-state index < -0.39 is 5.91 Å². The smallest absolute Gasteiger partial charge is 0.293 e. The van der Waals surface area contributed by atoms with Gasteiger partial charge in [-0.1, -0.05) is 17.5 Å². The molecule has 66 valence electrons. The lowest BCUT2D eigenvalue weighted by atomic mass is 10.2. The van der Waals surface area contributed by atoms with E-state index in [1.807, 2.05) is 0 Å². The van der Waals surface area contributed by atoms with Crippen molar-refractivity contribution < 1.29 is 4.79 Å². The summed E-state index contributed by atoms with van der Waals surface area (Å²) in [4.78, 5) is 10.3. The van der Waals surface area contributed by atoms with Crippen molar-refractivity contribution in [2.24, 2.45) is 5.73 Å². The van der Waals surface area contributed by atoms with Gasteiger partial charge >= 0.3 is 0 Å². The summed E-state index contributed by atoms with van der Waals surface area (Å²) in [5, 5.41) is 0.530. The van der Waals surface area contributed by atoms with Crippen LogP contribution in [0.1, 0.15) is 5.56 Å². The number of carbonyl (C=O) groups is 1. The number of anilines is 1. The Morgan fingerprint density at radius 2 is 2.15 bits per heavy atom. The molecule has 0 bridgehead atoms. The maximum absolute atomic E-state index is 10.3. The Morgan fingerprint density at radius 3 is 2.69 bits per heavy atom. The lowest BCUT2D eigenvalue weighted by Gasteiger charge is -1.96. The molecule has 1 rings (SSSR count). The standard InChI is InChI=1S/C9H7ClN2O/c10-7-3-1-6(8(11)5-7)2-4-9(12)13/h1,3,5H,11H2,(H2,12,13). The first-order valence-electron chi connectivity index (χ1n) is 3.46. The highest BCUT2D eigenvalue weighted by Crippen LogP contribution is 2.16. The fraction of sp³-hybridized carbons (Fsp3) is 0. The van der Waals surface area contributed by atoms with Gasteiger partial charge < -0.3 is 11.5 Å². The average molecular weight is 195 g/mol. The van der Waals surface area contributed by atoms with Crippen molar-refractivity contribution >= 4 is 23.2 Å². The van der Waals surface area contributed by atoms with Gasteiger partial charge in [0, 0.05) is 22.2 Å². The molecule has 0 saturated heterocycles. The second kappa shape index (κ2) is 3.83. The zero-order valence-corrected chi connectivity index (χ0v) is 7.43.